The minimum Gasteiger partial charge on any atom is -0.347 e. The zero-order valence-corrected chi connectivity index (χ0v) is 18.2. The Hall–Kier alpha value is -3.52. The fourth-order valence-corrected chi connectivity index (χ4v) is 4.14. The first-order valence-electron chi connectivity index (χ1n) is 10.0. The number of carbonyl (C=O) groups is 1. The molecular weight excluding hydrogens is 410 g/mol. The molecular formula is C23H23N5O2S. The second-order valence-electron chi connectivity index (χ2n) is 7.27. The van der Waals surface area contributed by atoms with E-state index in [1.54, 1.807) is 0 Å². The van der Waals surface area contributed by atoms with Gasteiger partial charge in [0.25, 0.3) is 5.56 Å². The molecule has 4 rings (SSSR count). The van der Waals surface area contributed by atoms with Gasteiger partial charge in [-0.3, -0.25) is 14.2 Å². The number of nitrogens with one attached hydrogen (secondary N) is 1. The molecule has 0 aliphatic carbocycles. The van der Waals surface area contributed by atoms with E-state index in [2.05, 4.69) is 22.2 Å². The summed E-state index contributed by atoms with van der Waals surface area (Å²) in [6.07, 6.45) is 2.32. The van der Waals surface area contributed by atoms with E-state index in [0.29, 0.717) is 27.7 Å². The van der Waals surface area contributed by atoms with E-state index in [1.807, 2.05) is 66.5 Å². The Kier molecular flexibility index (Phi) is 6.08. The third kappa shape index (κ3) is 4.80. The van der Waals surface area contributed by atoms with Gasteiger partial charge in [0.15, 0.2) is 10.8 Å². The van der Waals surface area contributed by atoms with Gasteiger partial charge in [-0.15, -0.1) is 0 Å². The summed E-state index contributed by atoms with van der Waals surface area (Å²) in [5.41, 5.74) is 3.18. The molecule has 0 fully saturated rings. The van der Waals surface area contributed by atoms with Gasteiger partial charge in [-0.1, -0.05) is 60.7 Å². The van der Waals surface area contributed by atoms with Gasteiger partial charge in [0.1, 0.15) is 17.6 Å². The van der Waals surface area contributed by atoms with Gasteiger partial charge in [-0.25, -0.2) is 4.98 Å². The van der Waals surface area contributed by atoms with Crippen molar-refractivity contribution in [1.29, 1.82) is 0 Å². The molecule has 2 heterocycles. The van der Waals surface area contributed by atoms with Gasteiger partial charge in [0.2, 0.25) is 5.91 Å². The summed E-state index contributed by atoms with van der Waals surface area (Å²) in [4.78, 5) is 36.1. The molecule has 8 heteroatoms. The van der Waals surface area contributed by atoms with Crippen molar-refractivity contribution in [2.45, 2.75) is 26.4 Å². The lowest BCUT2D eigenvalue weighted by molar-refractivity contribution is -0.116. The number of amides is 1. The molecule has 0 aliphatic heterocycles. The molecule has 7 nitrogen and oxygen atoms in total. The van der Waals surface area contributed by atoms with Crippen molar-refractivity contribution in [3.63, 3.8) is 0 Å². The highest BCUT2D eigenvalue weighted by molar-refractivity contribution is 7.22. The molecule has 0 bridgehead atoms. The SMILES string of the molecule is CCc1ccc(NC(=O)Cn2cnc3nc(N(C)Cc4ccccc4)sc3c2=O)cc1. The van der Waals surface area contributed by atoms with Crippen LogP contribution in [-0.2, 0) is 24.3 Å². The van der Waals surface area contributed by atoms with Crippen LogP contribution in [0.25, 0.3) is 10.3 Å². The van der Waals surface area contributed by atoms with Crippen molar-refractivity contribution in [3.8, 4) is 0 Å². The monoisotopic (exact) mass is 433 g/mol. The number of fused-ring (bicyclic) bond motifs is 1. The molecule has 0 spiro atoms. The Morgan fingerprint density at radius 2 is 1.84 bits per heavy atom. The molecule has 0 radical (unpaired) electrons. The summed E-state index contributed by atoms with van der Waals surface area (Å²) in [7, 11) is 1.93. The van der Waals surface area contributed by atoms with Crippen LogP contribution in [0, 0.1) is 0 Å². The molecule has 1 N–H and O–H groups in total. The first-order chi connectivity index (χ1) is 15.0. The molecule has 2 aromatic carbocycles. The fraction of sp³-hybridized carbons (Fsp3) is 0.217. The maximum absolute atomic E-state index is 12.9. The summed E-state index contributed by atoms with van der Waals surface area (Å²) in [5, 5.41) is 3.53. The number of aryl methyl sites for hydroxylation is 1. The van der Waals surface area contributed by atoms with Gasteiger partial charge in [0, 0.05) is 19.3 Å². The summed E-state index contributed by atoms with van der Waals surface area (Å²) in [5.74, 6) is -0.279. The van der Waals surface area contributed by atoms with Crippen molar-refractivity contribution in [3.05, 3.63) is 82.4 Å². The number of aromatic nitrogens is 3. The predicted octanol–water partition coefficient (Wildman–Crippen LogP) is 3.69. The first kappa shape index (κ1) is 20.7. The topological polar surface area (TPSA) is 80.1 Å². The summed E-state index contributed by atoms with van der Waals surface area (Å²) in [6, 6.07) is 17.7. The number of nitrogens with zero attached hydrogens (tertiary/aromatic N) is 4. The molecule has 0 saturated carbocycles. The molecule has 2 aromatic heterocycles. The van der Waals surface area contributed by atoms with Crippen LogP contribution in [0.15, 0.2) is 65.7 Å². The number of hydrogen-bond donors (Lipinski definition) is 1. The summed E-state index contributed by atoms with van der Waals surface area (Å²) >= 11 is 1.29. The smallest absolute Gasteiger partial charge is 0.273 e. The molecule has 31 heavy (non-hydrogen) atoms. The minimum absolute atomic E-state index is 0.107. The molecule has 0 aliphatic rings. The van der Waals surface area contributed by atoms with E-state index in [9.17, 15) is 9.59 Å². The molecule has 4 aromatic rings. The zero-order chi connectivity index (χ0) is 21.8. The number of anilines is 2. The van der Waals surface area contributed by atoms with Gasteiger partial charge in [-0.05, 0) is 29.7 Å². The predicted molar refractivity (Wildman–Crippen MR) is 125 cm³/mol. The van der Waals surface area contributed by atoms with Crippen molar-refractivity contribution in [2.24, 2.45) is 0 Å². The number of hydrogen-bond acceptors (Lipinski definition) is 6. The molecule has 158 valence electrons. The van der Waals surface area contributed by atoms with Crippen LogP contribution in [0.4, 0.5) is 10.8 Å². The van der Waals surface area contributed by atoms with Crippen molar-refractivity contribution in [1.82, 2.24) is 14.5 Å². The number of benzene rings is 2. The lowest BCUT2D eigenvalue weighted by atomic mass is 10.1. The first-order valence-corrected chi connectivity index (χ1v) is 10.8. The molecule has 0 unspecified atom stereocenters. The highest BCUT2D eigenvalue weighted by Gasteiger charge is 2.15. The summed E-state index contributed by atoms with van der Waals surface area (Å²) in [6.45, 7) is 2.64. The van der Waals surface area contributed by atoms with E-state index < -0.39 is 0 Å². The second kappa shape index (κ2) is 9.09. The largest absolute Gasteiger partial charge is 0.347 e. The van der Waals surface area contributed by atoms with Crippen LogP contribution in [0.2, 0.25) is 0 Å². The molecule has 1 amide bonds. The quantitative estimate of drug-likeness (QED) is 0.481. The van der Waals surface area contributed by atoms with E-state index in [4.69, 9.17) is 0 Å². The van der Waals surface area contributed by atoms with E-state index >= 15 is 0 Å². The van der Waals surface area contributed by atoms with Gasteiger partial charge < -0.3 is 10.2 Å². The van der Waals surface area contributed by atoms with Crippen molar-refractivity contribution >= 4 is 38.4 Å². The Balaban J connectivity index is 1.49. The van der Waals surface area contributed by atoms with E-state index in [1.165, 1.54) is 27.8 Å². The Labute approximate surface area is 184 Å². The highest BCUT2D eigenvalue weighted by atomic mass is 32.1. The molecule has 0 saturated heterocycles. The Morgan fingerprint density at radius 3 is 2.55 bits per heavy atom. The zero-order valence-electron chi connectivity index (χ0n) is 17.4. The van der Waals surface area contributed by atoms with Crippen LogP contribution >= 0.6 is 11.3 Å². The van der Waals surface area contributed by atoms with Crippen molar-refractivity contribution in [2.75, 3.05) is 17.3 Å². The van der Waals surface area contributed by atoms with Crippen LogP contribution < -0.4 is 15.8 Å². The number of carbonyl (C=O) groups excluding carboxylic acids is 1. The third-order valence-electron chi connectivity index (χ3n) is 4.92. The van der Waals surface area contributed by atoms with Gasteiger partial charge >= 0.3 is 0 Å². The third-order valence-corrected chi connectivity index (χ3v) is 6.07. The fourth-order valence-electron chi connectivity index (χ4n) is 3.21. The number of rotatable bonds is 7. The average molecular weight is 434 g/mol. The van der Waals surface area contributed by atoms with E-state index in [0.717, 1.165) is 12.0 Å². The number of thiazole rings is 1. The minimum atomic E-state index is -0.279. The van der Waals surface area contributed by atoms with Gasteiger partial charge in [0.05, 0.1) is 0 Å². The maximum atomic E-state index is 12.9. The Bertz CT molecular complexity index is 1250. The standard InChI is InChI=1S/C23H23N5O2S/c1-3-16-9-11-18(12-10-16)25-19(29)14-28-15-24-21-20(22(28)30)31-23(26-21)27(2)13-17-7-5-4-6-8-17/h4-12,15H,3,13-14H2,1-2H3,(H,25,29). The highest BCUT2D eigenvalue weighted by Crippen LogP contribution is 2.25. The van der Waals surface area contributed by atoms with Crippen LogP contribution in [-0.4, -0.2) is 27.5 Å². The average Bonchev–Trinajstić information content (AvgIpc) is 3.22. The second-order valence-corrected chi connectivity index (χ2v) is 8.24. The van der Waals surface area contributed by atoms with Crippen LogP contribution in [0.5, 0.6) is 0 Å². The lowest BCUT2D eigenvalue weighted by Crippen LogP contribution is -2.27. The molecule has 0 atom stereocenters. The van der Waals surface area contributed by atoms with Crippen LogP contribution in [0.3, 0.4) is 0 Å². The van der Waals surface area contributed by atoms with E-state index in [-0.39, 0.29) is 18.0 Å². The summed E-state index contributed by atoms with van der Waals surface area (Å²) < 4.78 is 1.76. The van der Waals surface area contributed by atoms with Crippen molar-refractivity contribution < 1.29 is 4.79 Å². The maximum Gasteiger partial charge on any atom is 0.273 e. The normalized spacial score (nSPS) is 10.9. The Morgan fingerprint density at radius 1 is 1.10 bits per heavy atom. The van der Waals surface area contributed by atoms with Crippen LogP contribution in [0.1, 0.15) is 18.1 Å². The van der Waals surface area contributed by atoms with Gasteiger partial charge in [-0.2, -0.15) is 4.98 Å². The lowest BCUT2D eigenvalue weighted by Gasteiger charge is -2.15.